The molecule has 0 atom stereocenters. The number of rotatable bonds is 2. The zero-order valence-corrected chi connectivity index (χ0v) is 7.73. The minimum absolute atomic E-state index is 0.712. The summed E-state index contributed by atoms with van der Waals surface area (Å²) in [5.74, 6) is 0. The summed E-state index contributed by atoms with van der Waals surface area (Å²) in [5.41, 5.74) is 1.81. The van der Waals surface area contributed by atoms with Crippen LogP contribution >= 0.6 is 0 Å². The quantitative estimate of drug-likeness (QED) is 0.651. The fourth-order valence-electron chi connectivity index (χ4n) is 1.48. The van der Waals surface area contributed by atoms with E-state index in [1.165, 1.54) is 0 Å². The van der Waals surface area contributed by atoms with E-state index in [0.717, 1.165) is 22.6 Å². The summed E-state index contributed by atoms with van der Waals surface area (Å²) < 4.78 is 0. The van der Waals surface area contributed by atoms with E-state index in [0.29, 0.717) is 5.56 Å². The van der Waals surface area contributed by atoms with Crippen molar-refractivity contribution in [3.05, 3.63) is 54.1 Å². The van der Waals surface area contributed by atoms with E-state index in [-0.39, 0.29) is 0 Å². The zero-order chi connectivity index (χ0) is 9.97. The van der Waals surface area contributed by atoms with Gasteiger partial charge in [-0.15, -0.1) is 0 Å². The number of benzene rings is 2. The van der Waals surface area contributed by atoms with Crippen LogP contribution in [0.4, 0.5) is 0 Å². The van der Waals surface area contributed by atoms with Gasteiger partial charge in [0.05, 0.1) is 0 Å². The molecule has 2 aromatic rings. The number of hydrogen-bond donors (Lipinski definition) is 0. The van der Waals surface area contributed by atoms with Crippen molar-refractivity contribution < 1.29 is 4.79 Å². The fourth-order valence-corrected chi connectivity index (χ4v) is 1.48. The van der Waals surface area contributed by atoms with E-state index in [1.807, 2.05) is 36.4 Å². The lowest BCUT2D eigenvalue weighted by atomic mass is 10.0. The lowest BCUT2D eigenvalue weighted by Gasteiger charge is -2.00. The van der Waals surface area contributed by atoms with Gasteiger partial charge in [-0.2, -0.15) is 0 Å². The van der Waals surface area contributed by atoms with Crippen molar-refractivity contribution in [3.63, 3.8) is 0 Å². The Bertz CT molecular complexity index is 450. The molecule has 0 heterocycles. The molecule has 0 radical (unpaired) electrons. The molecule has 68 valence electrons. The standard InChI is InChI=1S/C13H10O/c1-2-10-3-5-13-8-11(9-14)4-6-12(13)7-10/h2-9H,1H2. The molecule has 0 spiro atoms. The summed E-state index contributed by atoms with van der Waals surface area (Å²) in [4.78, 5) is 10.6. The second-order valence-corrected chi connectivity index (χ2v) is 3.19. The highest BCUT2D eigenvalue weighted by Gasteiger charge is 1.95. The zero-order valence-electron chi connectivity index (χ0n) is 7.73. The van der Waals surface area contributed by atoms with E-state index >= 15 is 0 Å². The van der Waals surface area contributed by atoms with Crippen LogP contribution in [0.3, 0.4) is 0 Å². The lowest BCUT2D eigenvalue weighted by Crippen LogP contribution is -1.80. The van der Waals surface area contributed by atoms with Crippen LogP contribution in [-0.4, -0.2) is 6.29 Å². The first kappa shape index (κ1) is 8.70. The molecule has 0 fully saturated rings. The van der Waals surface area contributed by atoms with Crippen LogP contribution in [0, 0.1) is 0 Å². The lowest BCUT2D eigenvalue weighted by molar-refractivity contribution is 0.112. The smallest absolute Gasteiger partial charge is 0.150 e. The van der Waals surface area contributed by atoms with Gasteiger partial charge in [0.15, 0.2) is 0 Å². The molecule has 0 aliphatic rings. The summed E-state index contributed by atoms with van der Waals surface area (Å²) in [6.45, 7) is 3.72. The predicted octanol–water partition coefficient (Wildman–Crippen LogP) is 3.30. The average molecular weight is 182 g/mol. The molecular weight excluding hydrogens is 172 g/mol. The van der Waals surface area contributed by atoms with Crippen molar-refractivity contribution in [2.75, 3.05) is 0 Å². The molecule has 0 aromatic heterocycles. The number of aldehydes is 1. The van der Waals surface area contributed by atoms with E-state index < -0.39 is 0 Å². The Kier molecular flexibility index (Phi) is 2.15. The molecule has 14 heavy (non-hydrogen) atoms. The fraction of sp³-hybridized carbons (Fsp3) is 0. The number of carbonyl (C=O) groups excluding carboxylic acids is 1. The van der Waals surface area contributed by atoms with Crippen molar-refractivity contribution >= 4 is 23.1 Å². The molecule has 0 N–H and O–H groups in total. The van der Waals surface area contributed by atoms with E-state index in [1.54, 1.807) is 0 Å². The Hall–Kier alpha value is -1.89. The van der Waals surface area contributed by atoms with Crippen molar-refractivity contribution in [3.8, 4) is 0 Å². The van der Waals surface area contributed by atoms with Crippen molar-refractivity contribution in [2.24, 2.45) is 0 Å². The number of hydrogen-bond acceptors (Lipinski definition) is 1. The maximum absolute atomic E-state index is 10.6. The van der Waals surface area contributed by atoms with Gasteiger partial charge >= 0.3 is 0 Å². The van der Waals surface area contributed by atoms with Crippen LogP contribution in [0.15, 0.2) is 43.0 Å². The summed E-state index contributed by atoms with van der Waals surface area (Å²) >= 11 is 0. The van der Waals surface area contributed by atoms with E-state index in [9.17, 15) is 4.79 Å². The van der Waals surface area contributed by atoms with Gasteiger partial charge in [0, 0.05) is 5.56 Å². The van der Waals surface area contributed by atoms with Crippen LogP contribution < -0.4 is 0 Å². The van der Waals surface area contributed by atoms with Gasteiger partial charge in [0.2, 0.25) is 0 Å². The van der Waals surface area contributed by atoms with Crippen molar-refractivity contribution in [1.82, 2.24) is 0 Å². The third-order valence-electron chi connectivity index (χ3n) is 2.26. The summed E-state index contributed by atoms with van der Waals surface area (Å²) in [7, 11) is 0. The monoisotopic (exact) mass is 182 g/mol. The highest BCUT2D eigenvalue weighted by molar-refractivity contribution is 5.90. The molecule has 0 unspecified atom stereocenters. The van der Waals surface area contributed by atoms with Gasteiger partial charge in [0.25, 0.3) is 0 Å². The molecule has 2 rings (SSSR count). The van der Waals surface area contributed by atoms with Crippen LogP contribution in [0.25, 0.3) is 16.8 Å². The summed E-state index contributed by atoms with van der Waals surface area (Å²) in [6.07, 6.45) is 2.67. The minimum Gasteiger partial charge on any atom is -0.298 e. The molecule has 0 amide bonds. The molecule has 0 aliphatic carbocycles. The SMILES string of the molecule is C=Cc1ccc2cc(C=O)ccc2c1. The second kappa shape index (κ2) is 3.46. The Morgan fingerprint density at radius 2 is 1.50 bits per heavy atom. The van der Waals surface area contributed by atoms with Crippen LogP contribution in [0.5, 0.6) is 0 Å². The molecule has 2 aromatic carbocycles. The van der Waals surface area contributed by atoms with Gasteiger partial charge in [-0.25, -0.2) is 0 Å². The molecule has 0 bridgehead atoms. The summed E-state index contributed by atoms with van der Waals surface area (Å²) in [5, 5.41) is 2.22. The van der Waals surface area contributed by atoms with Gasteiger partial charge < -0.3 is 0 Å². The summed E-state index contributed by atoms with van der Waals surface area (Å²) in [6, 6.07) is 11.7. The molecule has 1 nitrogen and oxygen atoms in total. The van der Waals surface area contributed by atoms with Gasteiger partial charge in [-0.05, 0) is 28.5 Å². The molecular formula is C13H10O. The van der Waals surface area contributed by atoms with Crippen LogP contribution in [-0.2, 0) is 0 Å². The van der Waals surface area contributed by atoms with Crippen molar-refractivity contribution in [2.45, 2.75) is 0 Å². The van der Waals surface area contributed by atoms with E-state index in [4.69, 9.17) is 0 Å². The molecule has 0 saturated carbocycles. The number of fused-ring (bicyclic) bond motifs is 1. The van der Waals surface area contributed by atoms with Gasteiger partial charge in [0.1, 0.15) is 6.29 Å². The maximum Gasteiger partial charge on any atom is 0.150 e. The van der Waals surface area contributed by atoms with Crippen LogP contribution in [0.1, 0.15) is 15.9 Å². The van der Waals surface area contributed by atoms with Gasteiger partial charge in [-0.3, -0.25) is 4.79 Å². The largest absolute Gasteiger partial charge is 0.298 e. The Morgan fingerprint density at radius 3 is 2.07 bits per heavy atom. The third-order valence-corrected chi connectivity index (χ3v) is 2.26. The van der Waals surface area contributed by atoms with Crippen LogP contribution in [0.2, 0.25) is 0 Å². The Balaban J connectivity index is 2.68. The minimum atomic E-state index is 0.712. The second-order valence-electron chi connectivity index (χ2n) is 3.19. The first-order valence-corrected chi connectivity index (χ1v) is 4.45. The third kappa shape index (κ3) is 1.44. The van der Waals surface area contributed by atoms with E-state index in [2.05, 4.69) is 12.6 Å². The highest BCUT2D eigenvalue weighted by atomic mass is 16.1. The molecule has 0 saturated heterocycles. The Morgan fingerprint density at radius 1 is 0.929 bits per heavy atom. The predicted molar refractivity (Wildman–Crippen MR) is 59.4 cm³/mol. The van der Waals surface area contributed by atoms with Crippen molar-refractivity contribution in [1.29, 1.82) is 0 Å². The first-order chi connectivity index (χ1) is 6.83. The Labute approximate surface area is 82.7 Å². The molecule has 0 aliphatic heterocycles. The first-order valence-electron chi connectivity index (χ1n) is 4.45. The topological polar surface area (TPSA) is 17.1 Å². The highest BCUT2D eigenvalue weighted by Crippen LogP contribution is 2.17. The molecule has 1 heteroatoms. The normalized spacial score (nSPS) is 10.0. The average Bonchev–Trinajstić information content (AvgIpc) is 2.27. The maximum atomic E-state index is 10.6. The number of carbonyl (C=O) groups is 1. The van der Waals surface area contributed by atoms with Gasteiger partial charge in [-0.1, -0.05) is 36.9 Å².